The van der Waals surface area contributed by atoms with Gasteiger partial charge in [0.25, 0.3) is 0 Å². The number of carbonyl (C=O) groups is 1. The molecule has 0 amide bonds. The predicted octanol–water partition coefficient (Wildman–Crippen LogP) is 2.75. The van der Waals surface area contributed by atoms with E-state index in [1.165, 1.54) is 0 Å². The fourth-order valence-electron chi connectivity index (χ4n) is 2.57. The normalized spacial score (nSPS) is 10.9. The van der Waals surface area contributed by atoms with Crippen LogP contribution in [0.1, 0.15) is 28.7 Å². The highest BCUT2D eigenvalue weighted by Crippen LogP contribution is 2.18. The second kappa shape index (κ2) is 6.62. The van der Waals surface area contributed by atoms with E-state index in [0.29, 0.717) is 24.5 Å². The summed E-state index contributed by atoms with van der Waals surface area (Å²) in [5.41, 5.74) is 3.40. The highest BCUT2D eigenvalue weighted by molar-refractivity contribution is 5.89. The van der Waals surface area contributed by atoms with Crippen molar-refractivity contribution < 1.29 is 14.6 Å². The van der Waals surface area contributed by atoms with Gasteiger partial charge in [0.1, 0.15) is 12.4 Å². The number of hydrogen-bond acceptors (Lipinski definition) is 4. The van der Waals surface area contributed by atoms with Crippen molar-refractivity contribution in [3.05, 3.63) is 65.5 Å². The summed E-state index contributed by atoms with van der Waals surface area (Å²) in [6, 6.07) is 15.1. The van der Waals surface area contributed by atoms with Gasteiger partial charge in [0.05, 0.1) is 23.2 Å². The first kappa shape index (κ1) is 15.2. The number of aliphatic hydroxyl groups excluding tert-OH is 1. The number of aromatic nitrogens is 2. The second-order valence-electron chi connectivity index (χ2n) is 5.18. The molecular weight excluding hydrogens is 292 g/mol. The topological polar surface area (TPSA) is 64.3 Å². The average molecular weight is 310 g/mol. The van der Waals surface area contributed by atoms with Gasteiger partial charge < -0.3 is 14.4 Å². The van der Waals surface area contributed by atoms with Crippen molar-refractivity contribution in [1.29, 1.82) is 0 Å². The molecule has 23 heavy (non-hydrogen) atoms. The molecule has 0 spiro atoms. The van der Waals surface area contributed by atoms with E-state index in [1.807, 2.05) is 41.0 Å². The number of nitrogens with zero attached hydrogens (tertiary/aromatic N) is 2. The van der Waals surface area contributed by atoms with Crippen molar-refractivity contribution in [2.24, 2.45) is 0 Å². The van der Waals surface area contributed by atoms with E-state index in [4.69, 9.17) is 4.74 Å². The lowest BCUT2D eigenvalue weighted by Gasteiger charge is -2.09. The molecule has 3 rings (SSSR count). The largest absolute Gasteiger partial charge is 0.462 e. The van der Waals surface area contributed by atoms with Gasteiger partial charge in [-0.3, -0.25) is 0 Å². The van der Waals surface area contributed by atoms with Gasteiger partial charge in [-0.15, -0.1) is 0 Å². The summed E-state index contributed by atoms with van der Waals surface area (Å²) < 4.78 is 6.96. The lowest BCUT2D eigenvalue weighted by molar-refractivity contribution is 0.0526. The molecule has 118 valence electrons. The SMILES string of the molecule is CCOC(=O)c1ccc(Cn2c(CO)nc3ccccc32)cc1. The van der Waals surface area contributed by atoms with Crippen LogP contribution in [-0.2, 0) is 17.9 Å². The Morgan fingerprint density at radius 1 is 1.17 bits per heavy atom. The van der Waals surface area contributed by atoms with E-state index in [1.54, 1.807) is 19.1 Å². The van der Waals surface area contributed by atoms with E-state index in [0.717, 1.165) is 16.6 Å². The maximum absolute atomic E-state index is 11.7. The zero-order chi connectivity index (χ0) is 16.2. The van der Waals surface area contributed by atoms with Crippen LogP contribution in [-0.4, -0.2) is 27.2 Å². The molecule has 0 fully saturated rings. The molecule has 1 aromatic heterocycles. The third-order valence-electron chi connectivity index (χ3n) is 3.68. The summed E-state index contributed by atoms with van der Waals surface area (Å²) in [5.74, 6) is 0.309. The number of ether oxygens (including phenoxy) is 1. The van der Waals surface area contributed by atoms with Crippen molar-refractivity contribution in [3.63, 3.8) is 0 Å². The van der Waals surface area contributed by atoms with E-state index in [9.17, 15) is 9.90 Å². The van der Waals surface area contributed by atoms with Gasteiger partial charge in [0.15, 0.2) is 0 Å². The molecule has 0 radical (unpaired) electrons. The van der Waals surface area contributed by atoms with Crippen molar-refractivity contribution >= 4 is 17.0 Å². The van der Waals surface area contributed by atoms with Gasteiger partial charge in [0, 0.05) is 6.54 Å². The molecule has 0 bridgehead atoms. The zero-order valence-corrected chi connectivity index (χ0v) is 12.9. The first-order chi connectivity index (χ1) is 11.2. The minimum absolute atomic E-state index is 0.115. The minimum atomic E-state index is -0.317. The molecule has 5 nitrogen and oxygen atoms in total. The smallest absolute Gasteiger partial charge is 0.338 e. The summed E-state index contributed by atoms with van der Waals surface area (Å²) in [6.07, 6.45) is 0. The summed E-state index contributed by atoms with van der Waals surface area (Å²) in [7, 11) is 0. The van der Waals surface area contributed by atoms with Crippen molar-refractivity contribution in [2.75, 3.05) is 6.61 Å². The van der Waals surface area contributed by atoms with Gasteiger partial charge in [-0.2, -0.15) is 0 Å². The first-order valence-corrected chi connectivity index (χ1v) is 7.54. The first-order valence-electron chi connectivity index (χ1n) is 7.54. The number of hydrogen-bond donors (Lipinski definition) is 1. The zero-order valence-electron chi connectivity index (χ0n) is 12.9. The lowest BCUT2D eigenvalue weighted by Crippen LogP contribution is -2.07. The number of imidazole rings is 1. The summed E-state index contributed by atoms with van der Waals surface area (Å²) in [6.45, 7) is 2.61. The third-order valence-corrected chi connectivity index (χ3v) is 3.68. The van der Waals surface area contributed by atoms with E-state index >= 15 is 0 Å². The highest BCUT2D eigenvalue weighted by Gasteiger charge is 2.11. The molecule has 0 atom stereocenters. The molecule has 0 saturated carbocycles. The number of rotatable bonds is 5. The lowest BCUT2D eigenvalue weighted by atomic mass is 10.1. The van der Waals surface area contributed by atoms with Crippen LogP contribution in [0.3, 0.4) is 0 Å². The maximum atomic E-state index is 11.7. The molecular formula is C18H18N2O3. The van der Waals surface area contributed by atoms with Crippen molar-refractivity contribution in [2.45, 2.75) is 20.1 Å². The molecule has 0 saturated heterocycles. The number of para-hydroxylation sites is 2. The standard InChI is InChI=1S/C18H18N2O3/c1-2-23-18(22)14-9-7-13(8-10-14)11-20-16-6-4-3-5-15(16)19-17(20)12-21/h3-10,21H,2,11-12H2,1H3. The minimum Gasteiger partial charge on any atom is -0.462 e. The summed E-state index contributed by atoms with van der Waals surface area (Å²) in [4.78, 5) is 16.1. The molecule has 2 aromatic carbocycles. The number of esters is 1. The van der Waals surface area contributed by atoms with E-state index in [2.05, 4.69) is 4.98 Å². The van der Waals surface area contributed by atoms with Crippen LogP contribution in [0, 0.1) is 0 Å². The molecule has 0 unspecified atom stereocenters. The van der Waals surface area contributed by atoms with Crippen LogP contribution in [0.2, 0.25) is 0 Å². The van der Waals surface area contributed by atoms with E-state index in [-0.39, 0.29) is 12.6 Å². The van der Waals surface area contributed by atoms with Crippen LogP contribution in [0.15, 0.2) is 48.5 Å². The highest BCUT2D eigenvalue weighted by atomic mass is 16.5. The number of benzene rings is 2. The fourth-order valence-corrected chi connectivity index (χ4v) is 2.57. The molecule has 0 aliphatic rings. The number of fused-ring (bicyclic) bond motifs is 1. The Labute approximate surface area is 134 Å². The van der Waals surface area contributed by atoms with E-state index < -0.39 is 0 Å². The molecule has 5 heteroatoms. The number of aliphatic hydroxyl groups is 1. The Hall–Kier alpha value is -2.66. The van der Waals surface area contributed by atoms with Crippen LogP contribution < -0.4 is 0 Å². The van der Waals surface area contributed by atoms with Crippen molar-refractivity contribution in [1.82, 2.24) is 9.55 Å². The Kier molecular flexibility index (Phi) is 4.39. The number of carbonyl (C=O) groups excluding carboxylic acids is 1. The fraction of sp³-hybridized carbons (Fsp3) is 0.222. The molecule has 1 heterocycles. The Morgan fingerprint density at radius 2 is 1.91 bits per heavy atom. The molecule has 3 aromatic rings. The monoisotopic (exact) mass is 310 g/mol. The summed E-state index contributed by atoms with van der Waals surface area (Å²) in [5, 5.41) is 9.53. The Bertz CT molecular complexity index is 822. The van der Waals surface area contributed by atoms with Gasteiger partial charge in [-0.25, -0.2) is 9.78 Å². The van der Waals surface area contributed by atoms with Gasteiger partial charge in [-0.1, -0.05) is 24.3 Å². The quantitative estimate of drug-likeness (QED) is 0.736. The second-order valence-corrected chi connectivity index (χ2v) is 5.18. The van der Waals surface area contributed by atoms with Crippen LogP contribution in [0.5, 0.6) is 0 Å². The maximum Gasteiger partial charge on any atom is 0.338 e. The van der Waals surface area contributed by atoms with Crippen LogP contribution in [0.25, 0.3) is 11.0 Å². The van der Waals surface area contributed by atoms with Crippen LogP contribution >= 0.6 is 0 Å². The third kappa shape index (κ3) is 3.10. The average Bonchev–Trinajstić information content (AvgIpc) is 2.94. The van der Waals surface area contributed by atoms with Gasteiger partial charge in [0.2, 0.25) is 0 Å². The van der Waals surface area contributed by atoms with Crippen molar-refractivity contribution in [3.8, 4) is 0 Å². The molecule has 1 N–H and O–H groups in total. The summed E-state index contributed by atoms with van der Waals surface area (Å²) >= 11 is 0. The Balaban J connectivity index is 1.89. The van der Waals surface area contributed by atoms with Gasteiger partial charge >= 0.3 is 5.97 Å². The molecule has 0 aliphatic heterocycles. The van der Waals surface area contributed by atoms with Crippen LogP contribution in [0.4, 0.5) is 0 Å². The Morgan fingerprint density at radius 3 is 2.61 bits per heavy atom. The predicted molar refractivity (Wildman–Crippen MR) is 87.2 cm³/mol. The molecule has 0 aliphatic carbocycles. The van der Waals surface area contributed by atoms with Gasteiger partial charge in [-0.05, 0) is 36.8 Å².